The Morgan fingerprint density at radius 2 is 1.98 bits per heavy atom. The molecule has 13 heteroatoms. The summed E-state index contributed by atoms with van der Waals surface area (Å²) in [7, 11) is 0. The number of H-pyrrole nitrogens is 1. The SMILES string of the molecule is Cc1ccc2[nH]ncc2c1N1CCc2c(nc(OCCCN3CC4OC[C@]43O)nc2N2CCN(C(=O)OC(C)(C)C)CC2)C1. The Morgan fingerprint density at radius 1 is 1.16 bits per heavy atom. The second-order valence-corrected chi connectivity index (χ2v) is 13.3. The molecule has 7 rings (SSSR count). The predicted molar refractivity (Wildman–Crippen MR) is 164 cm³/mol. The fraction of sp³-hybridized carbons (Fsp3) is 0.613. The van der Waals surface area contributed by atoms with Crippen LogP contribution in [-0.2, 0) is 22.4 Å². The average molecular weight is 607 g/mol. The van der Waals surface area contributed by atoms with Crippen molar-refractivity contribution >= 4 is 28.5 Å². The maximum absolute atomic E-state index is 12.7. The van der Waals surface area contributed by atoms with E-state index in [0.29, 0.717) is 51.9 Å². The number of aryl methyl sites for hydroxylation is 1. The van der Waals surface area contributed by atoms with Gasteiger partial charge in [0.1, 0.15) is 17.5 Å². The number of carbonyl (C=O) groups is 1. The van der Waals surface area contributed by atoms with Gasteiger partial charge in [-0.25, -0.2) is 4.79 Å². The summed E-state index contributed by atoms with van der Waals surface area (Å²) in [6, 6.07) is 4.56. The van der Waals surface area contributed by atoms with Crippen molar-refractivity contribution in [1.29, 1.82) is 0 Å². The smallest absolute Gasteiger partial charge is 0.410 e. The number of rotatable bonds is 7. The van der Waals surface area contributed by atoms with Crippen molar-refractivity contribution in [2.24, 2.45) is 0 Å². The van der Waals surface area contributed by atoms with Crippen molar-refractivity contribution in [2.45, 2.75) is 64.5 Å². The number of amides is 1. The van der Waals surface area contributed by atoms with E-state index < -0.39 is 11.3 Å². The maximum atomic E-state index is 12.7. The molecule has 0 radical (unpaired) electrons. The monoisotopic (exact) mass is 606 g/mol. The number of nitrogens with zero attached hydrogens (tertiary/aromatic N) is 7. The van der Waals surface area contributed by atoms with E-state index in [9.17, 15) is 9.90 Å². The largest absolute Gasteiger partial charge is 0.463 e. The first kappa shape index (κ1) is 29.1. The Hall–Kier alpha value is -3.68. The van der Waals surface area contributed by atoms with Crippen LogP contribution < -0.4 is 14.5 Å². The molecule has 2 N–H and O–H groups in total. The van der Waals surface area contributed by atoms with Gasteiger partial charge in [-0.05, 0) is 52.2 Å². The van der Waals surface area contributed by atoms with E-state index in [4.69, 9.17) is 24.2 Å². The number of hydrogen-bond donors (Lipinski definition) is 2. The summed E-state index contributed by atoms with van der Waals surface area (Å²) in [5, 5.41) is 19.0. The van der Waals surface area contributed by atoms with Crippen LogP contribution in [-0.4, -0.2) is 118 Å². The zero-order chi connectivity index (χ0) is 30.6. The Balaban J connectivity index is 1.10. The van der Waals surface area contributed by atoms with E-state index >= 15 is 0 Å². The highest BCUT2D eigenvalue weighted by molar-refractivity contribution is 5.93. The highest BCUT2D eigenvalue weighted by Crippen LogP contribution is 2.39. The van der Waals surface area contributed by atoms with E-state index in [0.717, 1.165) is 60.5 Å². The lowest BCUT2D eigenvalue weighted by atomic mass is 9.89. The van der Waals surface area contributed by atoms with Gasteiger partial charge in [-0.2, -0.15) is 15.1 Å². The number of fused-ring (bicyclic) bond motifs is 3. The summed E-state index contributed by atoms with van der Waals surface area (Å²) in [6.07, 6.45) is 3.10. The number of aliphatic hydroxyl groups is 1. The van der Waals surface area contributed by atoms with Crippen molar-refractivity contribution in [1.82, 2.24) is 30.0 Å². The highest BCUT2D eigenvalue weighted by Gasteiger charge is 2.60. The molecule has 1 amide bonds. The molecule has 13 nitrogen and oxygen atoms in total. The Bertz CT molecular complexity index is 1550. The molecule has 1 aromatic carbocycles. The first-order chi connectivity index (χ1) is 21.1. The van der Waals surface area contributed by atoms with Gasteiger partial charge in [0, 0.05) is 56.8 Å². The molecule has 0 aliphatic carbocycles. The third-order valence-corrected chi connectivity index (χ3v) is 9.12. The molecule has 6 heterocycles. The van der Waals surface area contributed by atoms with Crippen LogP contribution >= 0.6 is 0 Å². The van der Waals surface area contributed by atoms with Crippen molar-refractivity contribution in [3.8, 4) is 6.01 Å². The van der Waals surface area contributed by atoms with Crippen LogP contribution in [0.1, 0.15) is 44.0 Å². The number of benzene rings is 1. The lowest BCUT2D eigenvalue weighted by Crippen LogP contribution is -2.80. The van der Waals surface area contributed by atoms with Crippen molar-refractivity contribution in [3.63, 3.8) is 0 Å². The van der Waals surface area contributed by atoms with Crippen LogP contribution in [0.4, 0.5) is 16.3 Å². The minimum absolute atomic E-state index is 0.0507. The van der Waals surface area contributed by atoms with Gasteiger partial charge in [0.25, 0.3) is 0 Å². The fourth-order valence-corrected chi connectivity index (χ4v) is 6.66. The lowest BCUT2D eigenvalue weighted by Gasteiger charge is -2.61. The number of piperazine rings is 1. The van der Waals surface area contributed by atoms with Gasteiger partial charge in [-0.1, -0.05) is 6.07 Å². The fourth-order valence-electron chi connectivity index (χ4n) is 6.66. The molecule has 236 valence electrons. The minimum Gasteiger partial charge on any atom is -0.463 e. The van der Waals surface area contributed by atoms with E-state index in [1.165, 1.54) is 11.3 Å². The van der Waals surface area contributed by atoms with E-state index in [2.05, 4.69) is 39.1 Å². The predicted octanol–water partition coefficient (Wildman–Crippen LogP) is 2.45. The summed E-state index contributed by atoms with van der Waals surface area (Å²) in [5.74, 6) is 0.887. The molecule has 3 saturated heterocycles. The van der Waals surface area contributed by atoms with Gasteiger partial charge in [-0.15, -0.1) is 0 Å². The molecule has 2 atom stereocenters. The number of morpholine rings is 1. The molecule has 2 aromatic heterocycles. The van der Waals surface area contributed by atoms with Gasteiger partial charge in [-0.3, -0.25) is 10.00 Å². The standard InChI is InChI=1S/C31H42N8O5/c1-20-6-7-23-22(16-32-35-23)26(20)38-10-8-21-24(17-38)33-28(42-15-5-9-39-18-25-31(39,41)19-43-25)34-27(21)36-11-13-37(14-12-36)29(40)44-30(2,3)4/h6-7,16,25,41H,5,8-15,17-19H2,1-4H3,(H,32,35)/t25?,31-/m0/s1. The van der Waals surface area contributed by atoms with Crippen molar-refractivity contribution in [2.75, 3.05) is 68.8 Å². The molecule has 3 aromatic rings. The molecule has 0 saturated carbocycles. The molecule has 0 spiro atoms. The number of anilines is 2. The van der Waals surface area contributed by atoms with Crippen molar-refractivity contribution < 1.29 is 24.1 Å². The minimum atomic E-state index is -0.795. The molecule has 0 bridgehead atoms. The van der Waals surface area contributed by atoms with Gasteiger partial charge < -0.3 is 34.0 Å². The quantitative estimate of drug-likeness (QED) is 0.385. The molecular weight excluding hydrogens is 564 g/mol. The van der Waals surface area contributed by atoms with Gasteiger partial charge in [0.15, 0.2) is 5.72 Å². The highest BCUT2D eigenvalue weighted by atomic mass is 16.6. The van der Waals surface area contributed by atoms with Gasteiger partial charge in [0.05, 0.1) is 42.9 Å². The number of ether oxygens (including phenoxy) is 3. The van der Waals surface area contributed by atoms with Gasteiger partial charge in [0.2, 0.25) is 0 Å². The Morgan fingerprint density at radius 3 is 2.68 bits per heavy atom. The zero-order valence-electron chi connectivity index (χ0n) is 26.0. The number of carbonyl (C=O) groups excluding carboxylic acids is 1. The second kappa shape index (κ2) is 11.0. The topological polar surface area (TPSA) is 132 Å². The summed E-state index contributed by atoms with van der Waals surface area (Å²) in [4.78, 5) is 31.0. The molecule has 4 aliphatic heterocycles. The number of aromatic nitrogens is 4. The average Bonchev–Trinajstić information content (AvgIpc) is 3.47. The first-order valence-corrected chi connectivity index (χ1v) is 15.6. The van der Waals surface area contributed by atoms with Crippen LogP contribution in [0, 0.1) is 6.92 Å². The summed E-state index contributed by atoms with van der Waals surface area (Å²) in [5.41, 5.74) is 4.14. The summed E-state index contributed by atoms with van der Waals surface area (Å²) < 4.78 is 17.2. The van der Waals surface area contributed by atoms with E-state index in [-0.39, 0.29) is 12.2 Å². The van der Waals surface area contributed by atoms with Crippen LogP contribution in [0.2, 0.25) is 0 Å². The Labute approximate surface area is 257 Å². The lowest BCUT2D eigenvalue weighted by molar-refractivity contribution is -0.373. The molecule has 3 fully saturated rings. The number of hydrogen-bond acceptors (Lipinski definition) is 11. The summed E-state index contributed by atoms with van der Waals surface area (Å²) >= 11 is 0. The number of nitrogens with one attached hydrogen (secondary N) is 1. The van der Waals surface area contributed by atoms with Crippen LogP contribution in [0.5, 0.6) is 6.01 Å². The molecular formula is C31H42N8O5. The van der Waals surface area contributed by atoms with Crippen LogP contribution in [0.25, 0.3) is 10.9 Å². The molecule has 44 heavy (non-hydrogen) atoms. The maximum Gasteiger partial charge on any atom is 0.410 e. The third-order valence-electron chi connectivity index (χ3n) is 9.12. The second-order valence-electron chi connectivity index (χ2n) is 13.3. The van der Waals surface area contributed by atoms with Crippen LogP contribution in [0.3, 0.4) is 0 Å². The summed E-state index contributed by atoms with van der Waals surface area (Å²) in [6.45, 7) is 14.0. The van der Waals surface area contributed by atoms with Gasteiger partial charge >= 0.3 is 12.1 Å². The third kappa shape index (κ3) is 5.30. The first-order valence-electron chi connectivity index (χ1n) is 15.6. The van der Waals surface area contributed by atoms with Crippen molar-refractivity contribution in [3.05, 3.63) is 35.2 Å². The number of aromatic amines is 1. The molecule has 4 aliphatic rings. The Kier molecular flexibility index (Phi) is 7.29. The van der Waals surface area contributed by atoms with E-state index in [1.807, 2.05) is 31.9 Å². The normalized spacial score (nSPS) is 23.6. The zero-order valence-corrected chi connectivity index (χ0v) is 26.0. The van der Waals surface area contributed by atoms with E-state index in [1.54, 1.807) is 4.90 Å². The number of likely N-dealkylation sites (tertiary alicyclic amines) is 1. The molecule has 1 unspecified atom stereocenters. The van der Waals surface area contributed by atoms with Crippen LogP contribution in [0.15, 0.2) is 18.3 Å².